The number of nitrogens with zero attached hydrogens (tertiary/aromatic N) is 3. The van der Waals surface area contributed by atoms with E-state index in [0.29, 0.717) is 0 Å². The number of rotatable bonds is 4. The van der Waals surface area contributed by atoms with Gasteiger partial charge in [-0.2, -0.15) is 0 Å². The highest BCUT2D eigenvalue weighted by Gasteiger charge is 2.26. The average molecular weight is 264 g/mol. The number of imidazole rings is 1. The number of nitrogens with one attached hydrogen (secondary N) is 1. The molecule has 0 saturated heterocycles. The molecule has 106 valence electrons. The maximum atomic E-state index is 12.5. The van der Waals surface area contributed by atoms with Crippen molar-refractivity contribution in [1.29, 1.82) is 0 Å². The summed E-state index contributed by atoms with van der Waals surface area (Å²) in [4.78, 5) is 19.0. The number of carbonyl (C=O) groups is 1. The van der Waals surface area contributed by atoms with Crippen LogP contribution in [0.15, 0.2) is 0 Å². The molecule has 1 amide bonds. The maximum Gasteiger partial charge on any atom is 0.245 e. The topological polar surface area (TPSA) is 50.2 Å². The van der Waals surface area contributed by atoms with Gasteiger partial charge in [0.15, 0.2) is 0 Å². The van der Waals surface area contributed by atoms with Gasteiger partial charge in [-0.05, 0) is 27.7 Å². The van der Waals surface area contributed by atoms with Crippen LogP contribution in [0.2, 0.25) is 0 Å². The molecule has 1 aromatic heterocycles. The summed E-state index contributed by atoms with van der Waals surface area (Å²) in [6.45, 7) is 11.3. The number of aryl methyl sites for hydroxylation is 1. The van der Waals surface area contributed by atoms with E-state index in [0.717, 1.165) is 44.1 Å². The van der Waals surface area contributed by atoms with E-state index in [1.807, 2.05) is 32.6 Å². The third kappa shape index (κ3) is 2.52. The van der Waals surface area contributed by atoms with Crippen LogP contribution in [0.3, 0.4) is 0 Å². The lowest BCUT2D eigenvalue weighted by molar-refractivity contribution is -0.134. The first-order valence-corrected chi connectivity index (χ1v) is 7.16. The molecule has 1 unspecified atom stereocenters. The van der Waals surface area contributed by atoms with Gasteiger partial charge in [0.25, 0.3) is 0 Å². The molecule has 5 heteroatoms. The second-order valence-corrected chi connectivity index (χ2v) is 5.04. The van der Waals surface area contributed by atoms with E-state index in [2.05, 4.69) is 14.9 Å². The molecule has 2 heterocycles. The Bertz CT molecular complexity index is 462. The van der Waals surface area contributed by atoms with E-state index in [9.17, 15) is 4.79 Å². The van der Waals surface area contributed by atoms with Gasteiger partial charge in [-0.25, -0.2) is 4.98 Å². The first kappa shape index (κ1) is 14.1. The summed E-state index contributed by atoms with van der Waals surface area (Å²) in [5.74, 6) is 1.13. The van der Waals surface area contributed by atoms with Crippen LogP contribution in [0.1, 0.15) is 44.0 Å². The van der Waals surface area contributed by atoms with Crippen molar-refractivity contribution in [3.05, 3.63) is 17.2 Å². The van der Waals surface area contributed by atoms with Gasteiger partial charge in [0.2, 0.25) is 5.91 Å². The number of likely N-dealkylation sites (N-methyl/N-ethyl adjacent to an activating group) is 1. The third-order valence-electron chi connectivity index (χ3n) is 3.92. The standard InChI is InChI=1S/C14H24N4O/c1-5-17(6-2)14(19)10(3)18-11(4)16-12-9-15-8-7-13(12)18/h10,15H,5-9H2,1-4H3. The number of hydrogen-bond donors (Lipinski definition) is 1. The molecule has 0 radical (unpaired) electrons. The van der Waals surface area contributed by atoms with Crippen molar-refractivity contribution >= 4 is 5.91 Å². The molecule has 5 nitrogen and oxygen atoms in total. The lowest BCUT2D eigenvalue weighted by Crippen LogP contribution is -2.37. The molecule has 0 bridgehead atoms. The van der Waals surface area contributed by atoms with Crippen molar-refractivity contribution in [3.8, 4) is 0 Å². The SMILES string of the molecule is CCN(CC)C(=O)C(C)n1c(C)nc2c1CCNC2. The molecule has 1 aliphatic heterocycles. The van der Waals surface area contributed by atoms with Crippen LogP contribution in [0.4, 0.5) is 0 Å². The smallest absolute Gasteiger partial charge is 0.245 e. The normalized spacial score (nSPS) is 16.0. The Morgan fingerprint density at radius 2 is 2.16 bits per heavy atom. The Labute approximate surface area is 115 Å². The number of hydrogen-bond acceptors (Lipinski definition) is 3. The summed E-state index contributed by atoms with van der Waals surface area (Å²) >= 11 is 0. The summed E-state index contributed by atoms with van der Waals surface area (Å²) in [7, 11) is 0. The Balaban J connectivity index is 2.31. The molecule has 1 aromatic rings. The van der Waals surface area contributed by atoms with E-state index in [4.69, 9.17) is 0 Å². The molecular weight excluding hydrogens is 240 g/mol. The highest BCUT2D eigenvalue weighted by atomic mass is 16.2. The zero-order valence-electron chi connectivity index (χ0n) is 12.4. The van der Waals surface area contributed by atoms with Gasteiger partial charge >= 0.3 is 0 Å². The summed E-state index contributed by atoms with van der Waals surface area (Å²) in [5.41, 5.74) is 2.33. The average Bonchev–Trinajstić information content (AvgIpc) is 2.75. The number of fused-ring (bicyclic) bond motifs is 1. The predicted octanol–water partition coefficient (Wildman–Crippen LogP) is 1.27. The number of carbonyl (C=O) groups excluding carboxylic acids is 1. The summed E-state index contributed by atoms with van der Waals surface area (Å²) in [6.07, 6.45) is 0.950. The monoisotopic (exact) mass is 264 g/mol. The van der Waals surface area contributed by atoms with Crippen molar-refractivity contribution in [1.82, 2.24) is 19.8 Å². The first-order chi connectivity index (χ1) is 9.10. The molecule has 2 rings (SSSR count). The fourth-order valence-electron chi connectivity index (χ4n) is 2.89. The zero-order chi connectivity index (χ0) is 14.0. The Morgan fingerprint density at radius 1 is 1.47 bits per heavy atom. The van der Waals surface area contributed by atoms with Gasteiger partial charge in [-0.1, -0.05) is 0 Å². The zero-order valence-corrected chi connectivity index (χ0v) is 12.4. The first-order valence-electron chi connectivity index (χ1n) is 7.16. The van der Waals surface area contributed by atoms with Crippen LogP contribution in [-0.4, -0.2) is 40.0 Å². The van der Waals surface area contributed by atoms with Crippen LogP contribution in [-0.2, 0) is 17.8 Å². The highest BCUT2D eigenvalue weighted by Crippen LogP contribution is 2.22. The minimum absolute atomic E-state index is 0.158. The van der Waals surface area contributed by atoms with Gasteiger partial charge in [-0.3, -0.25) is 4.79 Å². The molecule has 1 atom stereocenters. The quantitative estimate of drug-likeness (QED) is 0.891. The molecule has 0 aromatic carbocycles. The summed E-state index contributed by atoms with van der Waals surface area (Å²) < 4.78 is 2.12. The molecule has 0 aliphatic carbocycles. The maximum absolute atomic E-state index is 12.5. The van der Waals surface area contributed by atoms with Crippen molar-refractivity contribution in [2.45, 2.75) is 46.7 Å². The second-order valence-electron chi connectivity index (χ2n) is 5.04. The van der Waals surface area contributed by atoms with Gasteiger partial charge < -0.3 is 14.8 Å². The van der Waals surface area contributed by atoms with E-state index >= 15 is 0 Å². The second kappa shape index (κ2) is 5.74. The van der Waals surface area contributed by atoms with E-state index < -0.39 is 0 Å². The van der Waals surface area contributed by atoms with Crippen LogP contribution in [0.5, 0.6) is 0 Å². The largest absolute Gasteiger partial charge is 0.341 e. The Kier molecular flexibility index (Phi) is 4.24. The van der Waals surface area contributed by atoms with Gasteiger partial charge in [0, 0.05) is 38.3 Å². The Hall–Kier alpha value is -1.36. The minimum atomic E-state index is -0.158. The van der Waals surface area contributed by atoms with Crippen LogP contribution < -0.4 is 5.32 Å². The third-order valence-corrected chi connectivity index (χ3v) is 3.92. The van der Waals surface area contributed by atoms with Gasteiger partial charge in [-0.15, -0.1) is 0 Å². The van der Waals surface area contributed by atoms with Crippen molar-refractivity contribution in [3.63, 3.8) is 0 Å². The fourth-order valence-corrected chi connectivity index (χ4v) is 2.89. The van der Waals surface area contributed by atoms with E-state index in [-0.39, 0.29) is 11.9 Å². The fraction of sp³-hybridized carbons (Fsp3) is 0.714. The number of amides is 1. The number of aromatic nitrogens is 2. The van der Waals surface area contributed by atoms with Crippen molar-refractivity contribution in [2.75, 3.05) is 19.6 Å². The van der Waals surface area contributed by atoms with E-state index in [1.54, 1.807) is 0 Å². The van der Waals surface area contributed by atoms with Crippen molar-refractivity contribution < 1.29 is 4.79 Å². The van der Waals surface area contributed by atoms with Crippen molar-refractivity contribution in [2.24, 2.45) is 0 Å². The van der Waals surface area contributed by atoms with E-state index in [1.165, 1.54) is 5.69 Å². The van der Waals surface area contributed by atoms with Crippen LogP contribution in [0, 0.1) is 6.92 Å². The molecule has 19 heavy (non-hydrogen) atoms. The van der Waals surface area contributed by atoms with Crippen LogP contribution >= 0.6 is 0 Å². The lowest BCUT2D eigenvalue weighted by atomic mass is 10.1. The molecule has 1 aliphatic rings. The van der Waals surface area contributed by atoms with Crippen LogP contribution in [0.25, 0.3) is 0 Å². The molecule has 1 N–H and O–H groups in total. The predicted molar refractivity (Wildman–Crippen MR) is 75.0 cm³/mol. The summed E-state index contributed by atoms with van der Waals surface area (Å²) in [6, 6.07) is -0.158. The highest BCUT2D eigenvalue weighted by molar-refractivity contribution is 5.80. The molecular formula is C14H24N4O. The molecule has 0 spiro atoms. The lowest BCUT2D eigenvalue weighted by Gasteiger charge is -2.26. The van der Waals surface area contributed by atoms with Gasteiger partial charge in [0.1, 0.15) is 11.9 Å². The van der Waals surface area contributed by atoms with Gasteiger partial charge in [0.05, 0.1) is 5.69 Å². The summed E-state index contributed by atoms with van der Waals surface area (Å²) in [5, 5.41) is 3.32. The molecule has 0 saturated carbocycles. The minimum Gasteiger partial charge on any atom is -0.341 e. The molecule has 0 fully saturated rings. The Morgan fingerprint density at radius 3 is 2.79 bits per heavy atom.